The standard InChI is InChI=1S/C23H27N5/c1-17-9-10-20(15-18(17)2)24-23-25-21(19-7-5-4-6-8-19)16-22(26-23)28-13-11-27(3)12-14-28/h4-10,15-16H,11-14H2,1-3H3,(H,24,25,26). The summed E-state index contributed by atoms with van der Waals surface area (Å²) in [5, 5.41) is 3.41. The zero-order valence-corrected chi connectivity index (χ0v) is 16.8. The topological polar surface area (TPSA) is 44.3 Å². The van der Waals surface area contributed by atoms with Crippen LogP contribution in [0.15, 0.2) is 54.6 Å². The van der Waals surface area contributed by atoms with Crippen molar-refractivity contribution in [1.29, 1.82) is 0 Å². The van der Waals surface area contributed by atoms with Crippen LogP contribution in [0.1, 0.15) is 11.1 Å². The number of likely N-dealkylation sites (N-methyl/N-ethyl adjacent to an activating group) is 1. The van der Waals surface area contributed by atoms with Crippen molar-refractivity contribution >= 4 is 17.5 Å². The molecule has 0 spiro atoms. The maximum atomic E-state index is 4.84. The van der Waals surface area contributed by atoms with Crippen molar-refractivity contribution in [2.75, 3.05) is 43.4 Å². The molecule has 0 unspecified atom stereocenters. The maximum absolute atomic E-state index is 4.84. The van der Waals surface area contributed by atoms with Gasteiger partial charge in [-0.3, -0.25) is 0 Å². The summed E-state index contributed by atoms with van der Waals surface area (Å²) < 4.78 is 0. The van der Waals surface area contributed by atoms with Gasteiger partial charge in [0.1, 0.15) is 5.82 Å². The number of aryl methyl sites for hydroxylation is 2. The van der Waals surface area contributed by atoms with Gasteiger partial charge in [0.2, 0.25) is 5.95 Å². The Labute approximate surface area is 167 Å². The summed E-state index contributed by atoms with van der Waals surface area (Å²) in [6, 6.07) is 18.8. The molecule has 0 radical (unpaired) electrons. The fourth-order valence-electron chi connectivity index (χ4n) is 3.39. The first-order valence-electron chi connectivity index (χ1n) is 9.81. The van der Waals surface area contributed by atoms with Crippen LogP contribution in [0.2, 0.25) is 0 Å². The van der Waals surface area contributed by atoms with Crippen molar-refractivity contribution in [1.82, 2.24) is 14.9 Å². The SMILES string of the molecule is Cc1ccc(Nc2nc(-c3ccccc3)cc(N3CCN(C)CC3)n2)cc1C. The van der Waals surface area contributed by atoms with E-state index in [0.717, 1.165) is 48.9 Å². The molecule has 1 aliphatic heterocycles. The van der Waals surface area contributed by atoms with Crippen molar-refractivity contribution < 1.29 is 0 Å². The summed E-state index contributed by atoms with van der Waals surface area (Å²) in [6.07, 6.45) is 0. The van der Waals surface area contributed by atoms with Crippen LogP contribution in [-0.4, -0.2) is 48.1 Å². The highest BCUT2D eigenvalue weighted by Gasteiger charge is 2.17. The lowest BCUT2D eigenvalue weighted by molar-refractivity contribution is 0.312. The number of nitrogens with zero attached hydrogens (tertiary/aromatic N) is 4. The predicted octanol–water partition coefficient (Wildman–Crippen LogP) is 4.26. The Bertz CT molecular complexity index is 946. The van der Waals surface area contributed by atoms with Crippen LogP contribution in [0.5, 0.6) is 0 Å². The summed E-state index contributed by atoms with van der Waals surface area (Å²) in [5.41, 5.74) is 5.59. The van der Waals surface area contributed by atoms with E-state index in [1.54, 1.807) is 0 Å². The number of piperazine rings is 1. The molecule has 1 saturated heterocycles. The highest BCUT2D eigenvalue weighted by atomic mass is 15.3. The minimum absolute atomic E-state index is 0.638. The Hall–Kier alpha value is -2.92. The second-order valence-corrected chi connectivity index (χ2v) is 7.52. The number of anilines is 3. The molecule has 2 aromatic carbocycles. The molecule has 2 heterocycles. The van der Waals surface area contributed by atoms with Crippen LogP contribution >= 0.6 is 0 Å². The molecule has 1 N–H and O–H groups in total. The van der Waals surface area contributed by atoms with Crippen LogP contribution in [0, 0.1) is 13.8 Å². The molecule has 1 fully saturated rings. The van der Waals surface area contributed by atoms with Gasteiger partial charge in [-0.1, -0.05) is 36.4 Å². The van der Waals surface area contributed by atoms with Crippen LogP contribution < -0.4 is 10.2 Å². The third-order valence-electron chi connectivity index (χ3n) is 5.37. The molecule has 0 aliphatic carbocycles. The first-order chi connectivity index (χ1) is 13.6. The first kappa shape index (κ1) is 18.4. The average Bonchev–Trinajstić information content (AvgIpc) is 2.72. The third-order valence-corrected chi connectivity index (χ3v) is 5.37. The summed E-state index contributed by atoms with van der Waals surface area (Å²) in [7, 11) is 2.17. The van der Waals surface area contributed by atoms with Gasteiger partial charge in [-0.2, -0.15) is 4.98 Å². The van der Waals surface area contributed by atoms with Gasteiger partial charge in [-0.15, -0.1) is 0 Å². The van der Waals surface area contributed by atoms with E-state index < -0.39 is 0 Å². The number of aromatic nitrogens is 2. The summed E-state index contributed by atoms with van der Waals surface area (Å²) in [4.78, 5) is 14.3. The maximum Gasteiger partial charge on any atom is 0.229 e. The Balaban J connectivity index is 1.70. The highest BCUT2D eigenvalue weighted by Crippen LogP contribution is 2.26. The lowest BCUT2D eigenvalue weighted by Crippen LogP contribution is -2.44. The van der Waals surface area contributed by atoms with E-state index in [-0.39, 0.29) is 0 Å². The van der Waals surface area contributed by atoms with Gasteiger partial charge in [-0.25, -0.2) is 4.98 Å². The molecule has 28 heavy (non-hydrogen) atoms. The fraction of sp³-hybridized carbons (Fsp3) is 0.304. The Morgan fingerprint density at radius 2 is 1.57 bits per heavy atom. The lowest BCUT2D eigenvalue weighted by atomic mass is 10.1. The highest BCUT2D eigenvalue weighted by molar-refractivity contribution is 5.67. The van der Waals surface area contributed by atoms with Gasteiger partial charge in [0.15, 0.2) is 0 Å². The van der Waals surface area contributed by atoms with E-state index in [4.69, 9.17) is 9.97 Å². The molecule has 0 bridgehead atoms. The smallest absolute Gasteiger partial charge is 0.229 e. The fourth-order valence-corrected chi connectivity index (χ4v) is 3.39. The van der Waals surface area contributed by atoms with Crippen molar-refractivity contribution in [3.05, 3.63) is 65.7 Å². The van der Waals surface area contributed by atoms with Gasteiger partial charge in [0.25, 0.3) is 0 Å². The third kappa shape index (κ3) is 4.15. The molecule has 1 aromatic heterocycles. The second kappa shape index (κ2) is 7.98. The van der Waals surface area contributed by atoms with Crippen molar-refractivity contribution in [3.63, 3.8) is 0 Å². The van der Waals surface area contributed by atoms with Gasteiger partial charge >= 0.3 is 0 Å². The average molecular weight is 374 g/mol. The largest absolute Gasteiger partial charge is 0.354 e. The summed E-state index contributed by atoms with van der Waals surface area (Å²) in [6.45, 7) is 8.29. The van der Waals surface area contributed by atoms with Gasteiger partial charge in [0.05, 0.1) is 5.69 Å². The molecule has 0 atom stereocenters. The number of hydrogen-bond donors (Lipinski definition) is 1. The van der Waals surface area contributed by atoms with Crippen LogP contribution in [0.3, 0.4) is 0 Å². The normalized spacial score (nSPS) is 14.9. The molecule has 0 amide bonds. The summed E-state index contributed by atoms with van der Waals surface area (Å²) >= 11 is 0. The molecule has 4 rings (SSSR count). The zero-order chi connectivity index (χ0) is 19.5. The summed E-state index contributed by atoms with van der Waals surface area (Å²) in [5.74, 6) is 1.62. The molecule has 0 saturated carbocycles. The van der Waals surface area contributed by atoms with Crippen molar-refractivity contribution in [2.24, 2.45) is 0 Å². The Morgan fingerprint density at radius 1 is 0.821 bits per heavy atom. The number of rotatable bonds is 4. The van der Waals surface area contributed by atoms with Crippen LogP contribution in [-0.2, 0) is 0 Å². The minimum atomic E-state index is 0.638. The molecule has 3 aromatic rings. The lowest BCUT2D eigenvalue weighted by Gasteiger charge is -2.33. The molecular weight excluding hydrogens is 346 g/mol. The zero-order valence-electron chi connectivity index (χ0n) is 16.8. The number of hydrogen-bond acceptors (Lipinski definition) is 5. The minimum Gasteiger partial charge on any atom is -0.354 e. The van der Waals surface area contributed by atoms with Crippen LogP contribution in [0.4, 0.5) is 17.5 Å². The van der Waals surface area contributed by atoms with Gasteiger partial charge < -0.3 is 15.1 Å². The predicted molar refractivity (Wildman–Crippen MR) is 116 cm³/mol. The van der Waals surface area contributed by atoms with E-state index in [1.165, 1.54) is 11.1 Å². The Morgan fingerprint density at radius 3 is 2.29 bits per heavy atom. The van der Waals surface area contributed by atoms with E-state index >= 15 is 0 Å². The monoisotopic (exact) mass is 373 g/mol. The van der Waals surface area contributed by atoms with Gasteiger partial charge in [0, 0.05) is 43.5 Å². The molecular formula is C23H27N5. The quantitative estimate of drug-likeness (QED) is 0.740. The van der Waals surface area contributed by atoms with E-state index in [0.29, 0.717) is 5.95 Å². The first-order valence-corrected chi connectivity index (χ1v) is 9.81. The number of benzene rings is 2. The van der Waals surface area contributed by atoms with E-state index in [1.807, 2.05) is 18.2 Å². The van der Waals surface area contributed by atoms with E-state index in [9.17, 15) is 0 Å². The van der Waals surface area contributed by atoms with Crippen molar-refractivity contribution in [3.8, 4) is 11.3 Å². The molecule has 144 valence electrons. The second-order valence-electron chi connectivity index (χ2n) is 7.52. The van der Waals surface area contributed by atoms with Gasteiger partial charge in [-0.05, 0) is 44.2 Å². The molecule has 5 nitrogen and oxygen atoms in total. The van der Waals surface area contributed by atoms with Crippen molar-refractivity contribution in [2.45, 2.75) is 13.8 Å². The molecule has 5 heteroatoms. The number of nitrogens with one attached hydrogen (secondary N) is 1. The Kier molecular flexibility index (Phi) is 5.26. The molecule has 1 aliphatic rings. The van der Waals surface area contributed by atoms with Crippen LogP contribution in [0.25, 0.3) is 11.3 Å². The van der Waals surface area contributed by atoms with E-state index in [2.05, 4.69) is 72.4 Å².